The fraction of sp³-hybridized carbons (Fsp3) is 0.0435. The summed E-state index contributed by atoms with van der Waals surface area (Å²) in [6.07, 6.45) is 3.76. The second kappa shape index (κ2) is 7.07. The van der Waals surface area contributed by atoms with E-state index in [2.05, 4.69) is 45.6 Å². The average Bonchev–Trinajstić information content (AvgIpc) is 3.40. The fourth-order valence-electron chi connectivity index (χ4n) is 3.35. The molecule has 0 unspecified atom stereocenters. The monoisotopic (exact) mass is 399 g/mol. The van der Waals surface area contributed by atoms with Crippen LogP contribution in [0.1, 0.15) is 10.4 Å². The average molecular weight is 399 g/mol. The quantitative estimate of drug-likeness (QED) is 0.365. The highest BCUT2D eigenvalue weighted by molar-refractivity contribution is 7.22. The third kappa shape index (κ3) is 3.23. The van der Waals surface area contributed by atoms with Crippen molar-refractivity contribution in [2.45, 2.75) is 0 Å². The van der Waals surface area contributed by atoms with Crippen molar-refractivity contribution < 1.29 is 9.53 Å². The summed E-state index contributed by atoms with van der Waals surface area (Å²) in [6.45, 7) is 0. The number of carbonyl (C=O) groups excluding carboxylic acids is 1. The first-order valence-corrected chi connectivity index (χ1v) is 9.94. The van der Waals surface area contributed by atoms with Crippen LogP contribution < -0.4 is 5.32 Å². The molecule has 3 heterocycles. The minimum atomic E-state index is -0.333. The first-order chi connectivity index (χ1) is 14.2. The summed E-state index contributed by atoms with van der Waals surface area (Å²) in [5, 5.41) is 4.69. The molecular weight excluding hydrogens is 382 g/mol. The molecule has 0 saturated carbocycles. The summed E-state index contributed by atoms with van der Waals surface area (Å²) in [5.41, 5.74) is 5.69. The zero-order valence-corrected chi connectivity index (χ0v) is 16.4. The lowest BCUT2D eigenvalue weighted by atomic mass is 10.1. The number of nitrogens with one attached hydrogen (secondary N) is 2. The molecule has 0 saturated heterocycles. The lowest BCUT2D eigenvalue weighted by Crippen LogP contribution is -2.00. The Bertz CT molecular complexity index is 1340. The van der Waals surface area contributed by atoms with E-state index in [1.54, 1.807) is 23.5 Å². The number of hydrogen-bond donors (Lipinski definition) is 2. The molecule has 2 aromatic carbocycles. The molecule has 0 bridgehead atoms. The minimum absolute atomic E-state index is 0.333. The molecule has 5 aromatic rings. The maximum Gasteiger partial charge on any atom is 0.337 e. The van der Waals surface area contributed by atoms with Crippen LogP contribution in [0.15, 0.2) is 73.1 Å². The molecular formula is C23H17N3O2S. The van der Waals surface area contributed by atoms with E-state index >= 15 is 0 Å². The Hall–Kier alpha value is -3.64. The van der Waals surface area contributed by atoms with Gasteiger partial charge in [-0.05, 0) is 54.1 Å². The Morgan fingerprint density at radius 3 is 2.76 bits per heavy atom. The third-order valence-electron chi connectivity index (χ3n) is 4.83. The molecule has 0 atom stereocenters. The van der Waals surface area contributed by atoms with Gasteiger partial charge in [0.15, 0.2) is 0 Å². The van der Waals surface area contributed by atoms with Gasteiger partial charge in [-0.1, -0.05) is 12.1 Å². The van der Waals surface area contributed by atoms with Crippen molar-refractivity contribution in [1.29, 1.82) is 0 Å². The van der Waals surface area contributed by atoms with Gasteiger partial charge >= 0.3 is 5.97 Å². The summed E-state index contributed by atoms with van der Waals surface area (Å²) in [7, 11) is 1.39. The van der Waals surface area contributed by atoms with E-state index in [-0.39, 0.29) is 5.97 Å². The number of esters is 1. The smallest absolute Gasteiger partial charge is 0.337 e. The number of fused-ring (bicyclic) bond motifs is 2. The molecule has 3 aromatic heterocycles. The van der Waals surface area contributed by atoms with E-state index in [0.29, 0.717) is 5.56 Å². The maximum absolute atomic E-state index is 11.6. The molecule has 2 N–H and O–H groups in total. The topological polar surface area (TPSA) is 67.0 Å². The summed E-state index contributed by atoms with van der Waals surface area (Å²) in [4.78, 5) is 20.5. The number of methoxy groups -OCH3 is 1. The van der Waals surface area contributed by atoms with Gasteiger partial charge < -0.3 is 15.0 Å². The molecule has 0 aliphatic heterocycles. The van der Waals surface area contributed by atoms with E-state index < -0.39 is 0 Å². The molecule has 0 radical (unpaired) electrons. The van der Waals surface area contributed by atoms with Gasteiger partial charge in [-0.15, -0.1) is 11.3 Å². The number of aromatic amines is 1. The zero-order chi connectivity index (χ0) is 19.8. The van der Waals surface area contributed by atoms with Crippen LogP contribution in [0.4, 0.5) is 11.4 Å². The first kappa shape index (κ1) is 17.5. The van der Waals surface area contributed by atoms with Gasteiger partial charge in [-0.2, -0.15) is 0 Å². The summed E-state index contributed by atoms with van der Waals surface area (Å²) in [5.74, 6) is -0.333. The molecule has 29 heavy (non-hydrogen) atoms. The number of aromatic nitrogens is 2. The standard InChI is InChI=1S/C23H17N3O2S/c1-28-23(27)15-4-2-14(3-5-15)21-13-20-22(29-21)19(9-11-25-20)26-17-6-7-18-16(12-17)8-10-24-18/h2-13,24H,1H3,(H,25,26). The Morgan fingerprint density at radius 2 is 1.93 bits per heavy atom. The third-order valence-corrected chi connectivity index (χ3v) is 6.04. The Labute approximate surface area is 171 Å². The van der Waals surface area contributed by atoms with Crippen molar-refractivity contribution >= 4 is 49.8 Å². The zero-order valence-electron chi connectivity index (χ0n) is 15.6. The highest BCUT2D eigenvalue weighted by Crippen LogP contribution is 2.37. The predicted octanol–water partition coefficient (Wildman–Crippen LogP) is 5.97. The molecule has 5 nitrogen and oxygen atoms in total. The largest absolute Gasteiger partial charge is 0.465 e. The van der Waals surface area contributed by atoms with E-state index in [1.807, 2.05) is 30.6 Å². The normalized spacial score (nSPS) is 11.1. The minimum Gasteiger partial charge on any atom is -0.465 e. The van der Waals surface area contributed by atoms with Crippen LogP contribution in [0.5, 0.6) is 0 Å². The Morgan fingerprint density at radius 1 is 1.07 bits per heavy atom. The van der Waals surface area contributed by atoms with Gasteiger partial charge in [0.25, 0.3) is 0 Å². The fourth-order valence-corrected chi connectivity index (χ4v) is 4.44. The van der Waals surface area contributed by atoms with E-state index in [9.17, 15) is 4.79 Å². The Balaban J connectivity index is 1.49. The van der Waals surface area contributed by atoms with Gasteiger partial charge in [0.05, 0.1) is 28.6 Å². The van der Waals surface area contributed by atoms with Crippen LogP contribution in [0.2, 0.25) is 0 Å². The molecule has 142 valence electrons. The van der Waals surface area contributed by atoms with Crippen LogP contribution in [-0.4, -0.2) is 23.0 Å². The van der Waals surface area contributed by atoms with Gasteiger partial charge in [0, 0.05) is 33.9 Å². The molecule has 0 spiro atoms. The van der Waals surface area contributed by atoms with Crippen molar-refractivity contribution in [2.24, 2.45) is 0 Å². The van der Waals surface area contributed by atoms with E-state index in [1.165, 1.54) is 7.11 Å². The predicted molar refractivity (Wildman–Crippen MR) is 118 cm³/mol. The van der Waals surface area contributed by atoms with Gasteiger partial charge in [-0.3, -0.25) is 4.98 Å². The van der Waals surface area contributed by atoms with Crippen LogP contribution in [0, 0.1) is 0 Å². The van der Waals surface area contributed by atoms with Crippen LogP contribution in [0.3, 0.4) is 0 Å². The van der Waals surface area contributed by atoms with Crippen molar-refractivity contribution in [1.82, 2.24) is 9.97 Å². The molecule has 5 rings (SSSR count). The van der Waals surface area contributed by atoms with E-state index in [0.717, 1.165) is 42.9 Å². The van der Waals surface area contributed by atoms with E-state index in [4.69, 9.17) is 4.74 Å². The molecule has 0 amide bonds. The summed E-state index contributed by atoms with van der Waals surface area (Å²) < 4.78 is 5.86. The van der Waals surface area contributed by atoms with Gasteiger partial charge in [0.2, 0.25) is 0 Å². The number of hydrogen-bond acceptors (Lipinski definition) is 5. The van der Waals surface area contributed by atoms with Crippen LogP contribution in [0.25, 0.3) is 31.6 Å². The van der Waals surface area contributed by atoms with Crippen LogP contribution in [-0.2, 0) is 4.74 Å². The summed E-state index contributed by atoms with van der Waals surface area (Å²) >= 11 is 1.67. The number of H-pyrrole nitrogens is 1. The lowest BCUT2D eigenvalue weighted by Gasteiger charge is -2.07. The number of benzene rings is 2. The van der Waals surface area contributed by atoms with Gasteiger partial charge in [0.1, 0.15) is 0 Å². The molecule has 0 fully saturated rings. The number of carbonyl (C=O) groups is 1. The second-order valence-electron chi connectivity index (χ2n) is 6.66. The number of rotatable bonds is 4. The van der Waals surface area contributed by atoms with Crippen molar-refractivity contribution in [2.75, 3.05) is 12.4 Å². The number of anilines is 2. The van der Waals surface area contributed by atoms with Gasteiger partial charge in [-0.25, -0.2) is 4.79 Å². The maximum atomic E-state index is 11.6. The Kier molecular flexibility index (Phi) is 4.26. The van der Waals surface area contributed by atoms with Crippen molar-refractivity contribution in [3.63, 3.8) is 0 Å². The molecule has 6 heteroatoms. The molecule has 0 aliphatic carbocycles. The number of pyridine rings is 1. The number of thiophene rings is 1. The van der Waals surface area contributed by atoms with Crippen molar-refractivity contribution in [3.8, 4) is 10.4 Å². The SMILES string of the molecule is COC(=O)c1ccc(-c2cc3nccc(Nc4ccc5[nH]ccc5c4)c3s2)cc1. The highest BCUT2D eigenvalue weighted by atomic mass is 32.1. The first-order valence-electron chi connectivity index (χ1n) is 9.13. The summed E-state index contributed by atoms with van der Waals surface area (Å²) in [6, 6.07) is 19.8. The number of nitrogens with zero attached hydrogens (tertiary/aromatic N) is 1. The molecule has 0 aliphatic rings. The number of ether oxygens (including phenoxy) is 1. The highest BCUT2D eigenvalue weighted by Gasteiger charge is 2.11. The van der Waals surface area contributed by atoms with Crippen molar-refractivity contribution in [3.05, 3.63) is 78.6 Å². The van der Waals surface area contributed by atoms with Crippen LogP contribution >= 0.6 is 11.3 Å². The lowest BCUT2D eigenvalue weighted by molar-refractivity contribution is 0.0601. The second-order valence-corrected chi connectivity index (χ2v) is 7.71.